The van der Waals surface area contributed by atoms with E-state index in [9.17, 15) is 9.59 Å². The molecule has 182 valence electrons. The predicted octanol–water partition coefficient (Wildman–Crippen LogP) is 3.87. The first-order chi connectivity index (χ1) is 15.1. The molecule has 2 aromatic rings. The highest BCUT2D eigenvalue weighted by atomic mass is 35.5. The van der Waals surface area contributed by atoms with Crippen molar-refractivity contribution in [2.75, 3.05) is 39.3 Å². The Kier molecular flexibility index (Phi) is 10.9. The quantitative estimate of drug-likeness (QED) is 0.635. The first-order valence-corrected chi connectivity index (χ1v) is 11.5. The second-order valence-corrected chi connectivity index (χ2v) is 8.82. The van der Waals surface area contributed by atoms with Crippen molar-refractivity contribution in [1.82, 2.24) is 15.5 Å². The molecular formula is C25H35Cl2N3O3. The summed E-state index contributed by atoms with van der Waals surface area (Å²) in [5, 5.41) is 6.25. The molecule has 6 nitrogen and oxygen atoms in total. The summed E-state index contributed by atoms with van der Waals surface area (Å²) < 4.78 is 5.53. The third kappa shape index (κ3) is 7.06. The van der Waals surface area contributed by atoms with Crippen LogP contribution in [0.2, 0.25) is 0 Å². The molecule has 8 heteroatoms. The number of amides is 1. The monoisotopic (exact) mass is 495 g/mol. The Balaban J connectivity index is 0.00000193. The molecule has 2 aliphatic heterocycles. The summed E-state index contributed by atoms with van der Waals surface area (Å²) in [7, 11) is 0. The number of nitrogens with one attached hydrogen (secondary N) is 2. The fraction of sp³-hybridized carbons (Fsp3) is 0.520. The summed E-state index contributed by atoms with van der Waals surface area (Å²) in [5.74, 6) is 1.18. The maximum absolute atomic E-state index is 12.7. The van der Waals surface area contributed by atoms with Crippen molar-refractivity contribution in [3.05, 3.63) is 69.3 Å². The Morgan fingerprint density at radius 1 is 1.12 bits per heavy atom. The Bertz CT molecular complexity index is 938. The Hall–Kier alpha value is -1.86. The van der Waals surface area contributed by atoms with Crippen molar-refractivity contribution in [3.63, 3.8) is 0 Å². The molecule has 0 bridgehead atoms. The zero-order chi connectivity index (χ0) is 21.6. The van der Waals surface area contributed by atoms with Gasteiger partial charge in [0.1, 0.15) is 11.3 Å². The van der Waals surface area contributed by atoms with Gasteiger partial charge in [0.05, 0.1) is 0 Å². The molecular weight excluding hydrogens is 461 g/mol. The van der Waals surface area contributed by atoms with Crippen molar-refractivity contribution < 1.29 is 9.21 Å². The number of hydrogen-bond acceptors (Lipinski definition) is 5. The molecule has 1 aromatic carbocycles. The summed E-state index contributed by atoms with van der Waals surface area (Å²) in [5.41, 5.74) is 1.72. The number of halogens is 2. The zero-order valence-corrected chi connectivity index (χ0v) is 20.8. The number of hydrogen-bond donors (Lipinski definition) is 2. The van der Waals surface area contributed by atoms with Gasteiger partial charge in [0.2, 0.25) is 0 Å². The van der Waals surface area contributed by atoms with Gasteiger partial charge in [0.15, 0.2) is 0 Å². The third-order valence-corrected chi connectivity index (χ3v) is 6.67. The highest BCUT2D eigenvalue weighted by Gasteiger charge is 2.23. The van der Waals surface area contributed by atoms with Gasteiger partial charge in [-0.2, -0.15) is 0 Å². The van der Waals surface area contributed by atoms with E-state index in [1.54, 1.807) is 0 Å². The minimum Gasteiger partial charge on any atom is -0.427 e. The number of carbonyl (C=O) groups is 1. The van der Waals surface area contributed by atoms with Gasteiger partial charge in [-0.05, 0) is 75.4 Å². The third-order valence-electron chi connectivity index (χ3n) is 6.67. The molecule has 1 amide bonds. The molecule has 2 N–H and O–H groups in total. The van der Waals surface area contributed by atoms with Gasteiger partial charge in [-0.1, -0.05) is 30.3 Å². The van der Waals surface area contributed by atoms with E-state index >= 15 is 0 Å². The summed E-state index contributed by atoms with van der Waals surface area (Å²) >= 11 is 0. The molecule has 2 saturated heterocycles. The van der Waals surface area contributed by atoms with Gasteiger partial charge >= 0.3 is 5.63 Å². The lowest BCUT2D eigenvalue weighted by Crippen LogP contribution is -2.40. The van der Waals surface area contributed by atoms with Gasteiger partial charge in [0.25, 0.3) is 5.91 Å². The van der Waals surface area contributed by atoms with Crippen LogP contribution in [0.5, 0.6) is 0 Å². The fourth-order valence-electron chi connectivity index (χ4n) is 4.83. The number of rotatable bonds is 6. The number of likely N-dealkylation sites (tertiary alicyclic amines) is 1. The topological polar surface area (TPSA) is 74.6 Å². The van der Waals surface area contributed by atoms with E-state index in [0.717, 1.165) is 58.4 Å². The average molecular weight is 496 g/mol. The van der Waals surface area contributed by atoms with E-state index in [1.165, 1.54) is 5.56 Å². The SMILES string of the molecule is Cc1cc(C2CCCNC2)oc(=O)c1C(=O)NCCN1CCC(c2ccccc2)CC1.Cl.Cl. The fourth-order valence-corrected chi connectivity index (χ4v) is 4.83. The summed E-state index contributed by atoms with van der Waals surface area (Å²) in [6, 6.07) is 12.6. The van der Waals surface area contributed by atoms with E-state index < -0.39 is 5.63 Å². The van der Waals surface area contributed by atoms with Crippen LogP contribution in [0.15, 0.2) is 45.6 Å². The van der Waals surface area contributed by atoms with E-state index in [1.807, 2.05) is 13.0 Å². The van der Waals surface area contributed by atoms with E-state index in [0.29, 0.717) is 23.8 Å². The molecule has 1 aromatic heterocycles. The number of nitrogens with zero attached hydrogens (tertiary/aromatic N) is 1. The first kappa shape index (κ1) is 27.4. The van der Waals surface area contributed by atoms with Crippen molar-refractivity contribution in [3.8, 4) is 0 Å². The Labute approximate surface area is 208 Å². The second kappa shape index (κ2) is 13.1. The molecule has 3 heterocycles. The number of piperidine rings is 2. The molecule has 33 heavy (non-hydrogen) atoms. The largest absolute Gasteiger partial charge is 0.427 e. The van der Waals surface area contributed by atoms with Crippen molar-refractivity contribution in [2.24, 2.45) is 0 Å². The number of carbonyl (C=O) groups excluding carboxylic acids is 1. The number of aryl methyl sites for hydroxylation is 1. The molecule has 1 unspecified atom stereocenters. The van der Waals surface area contributed by atoms with Crippen LogP contribution in [-0.4, -0.2) is 50.1 Å². The highest BCUT2D eigenvalue weighted by Crippen LogP contribution is 2.27. The van der Waals surface area contributed by atoms with Crippen LogP contribution in [0.3, 0.4) is 0 Å². The van der Waals surface area contributed by atoms with Crippen LogP contribution >= 0.6 is 24.8 Å². The lowest BCUT2D eigenvalue weighted by Gasteiger charge is -2.32. The maximum Gasteiger partial charge on any atom is 0.349 e. The lowest BCUT2D eigenvalue weighted by atomic mass is 9.89. The lowest BCUT2D eigenvalue weighted by molar-refractivity contribution is 0.0940. The highest BCUT2D eigenvalue weighted by molar-refractivity contribution is 5.95. The first-order valence-electron chi connectivity index (χ1n) is 11.5. The van der Waals surface area contributed by atoms with Crippen LogP contribution in [0, 0.1) is 6.92 Å². The van der Waals surface area contributed by atoms with E-state index in [-0.39, 0.29) is 42.2 Å². The molecule has 2 aliphatic rings. The van der Waals surface area contributed by atoms with Crippen LogP contribution in [0.4, 0.5) is 0 Å². The van der Waals surface area contributed by atoms with Crippen LogP contribution < -0.4 is 16.3 Å². The standard InChI is InChI=1S/C25H33N3O3.2ClH/c1-18-16-22(21-8-5-11-26-17-21)31-25(30)23(18)24(29)27-12-15-28-13-9-20(10-14-28)19-6-3-2-4-7-19;;/h2-4,6-7,16,20-21,26H,5,8-15,17H2,1H3,(H,27,29);2*1H. The Morgan fingerprint density at radius 2 is 1.85 bits per heavy atom. The predicted molar refractivity (Wildman–Crippen MR) is 136 cm³/mol. The number of benzene rings is 1. The zero-order valence-electron chi connectivity index (χ0n) is 19.2. The molecule has 2 fully saturated rings. The van der Waals surface area contributed by atoms with Gasteiger partial charge in [-0.15, -0.1) is 24.8 Å². The van der Waals surface area contributed by atoms with Crippen molar-refractivity contribution >= 4 is 30.7 Å². The normalized spacial score (nSPS) is 19.2. The van der Waals surface area contributed by atoms with Gasteiger partial charge in [0, 0.05) is 25.6 Å². The Morgan fingerprint density at radius 3 is 2.48 bits per heavy atom. The van der Waals surface area contributed by atoms with Gasteiger partial charge < -0.3 is 20.0 Å². The van der Waals surface area contributed by atoms with Gasteiger partial charge in [-0.25, -0.2) is 4.79 Å². The minimum atomic E-state index is -0.526. The average Bonchev–Trinajstić information content (AvgIpc) is 2.80. The summed E-state index contributed by atoms with van der Waals surface area (Å²) in [4.78, 5) is 27.6. The van der Waals surface area contributed by atoms with E-state index in [4.69, 9.17) is 4.42 Å². The molecule has 4 rings (SSSR count). The second-order valence-electron chi connectivity index (χ2n) is 8.82. The van der Waals surface area contributed by atoms with Gasteiger partial charge in [-0.3, -0.25) is 4.79 Å². The smallest absolute Gasteiger partial charge is 0.349 e. The summed E-state index contributed by atoms with van der Waals surface area (Å²) in [6.45, 7) is 7.02. The van der Waals surface area contributed by atoms with E-state index in [2.05, 4.69) is 45.9 Å². The molecule has 0 saturated carbocycles. The van der Waals surface area contributed by atoms with Crippen molar-refractivity contribution in [1.29, 1.82) is 0 Å². The molecule has 0 spiro atoms. The van der Waals surface area contributed by atoms with Crippen LogP contribution in [0.25, 0.3) is 0 Å². The van der Waals surface area contributed by atoms with Crippen molar-refractivity contribution in [2.45, 2.75) is 44.4 Å². The maximum atomic E-state index is 12.7. The molecule has 0 radical (unpaired) electrons. The minimum absolute atomic E-state index is 0. The van der Waals surface area contributed by atoms with Crippen LogP contribution in [0.1, 0.15) is 64.8 Å². The molecule has 0 aliphatic carbocycles. The van der Waals surface area contributed by atoms with Crippen LogP contribution in [-0.2, 0) is 0 Å². The summed E-state index contributed by atoms with van der Waals surface area (Å²) in [6.07, 6.45) is 4.34. The molecule has 1 atom stereocenters.